The summed E-state index contributed by atoms with van der Waals surface area (Å²) in [5, 5.41) is 7.54. The summed E-state index contributed by atoms with van der Waals surface area (Å²) in [4.78, 5) is 6.67. The number of likely N-dealkylation sites (tertiary alicyclic amines) is 1. The molecule has 1 fully saturated rings. The Morgan fingerprint density at radius 3 is 2.96 bits per heavy atom. The van der Waals surface area contributed by atoms with Crippen LogP contribution in [0.5, 0.6) is 0 Å². The van der Waals surface area contributed by atoms with Crippen molar-refractivity contribution in [3.8, 4) is 11.3 Å². The Kier molecular flexibility index (Phi) is 7.24. The van der Waals surface area contributed by atoms with Crippen molar-refractivity contribution in [1.29, 1.82) is 0 Å². The second-order valence-corrected chi connectivity index (χ2v) is 6.62. The highest BCUT2D eigenvalue weighted by atomic mass is 16.5. The molecule has 3 rings (SSSR count). The van der Waals surface area contributed by atoms with Gasteiger partial charge >= 0.3 is 0 Å². The molecule has 27 heavy (non-hydrogen) atoms. The lowest BCUT2D eigenvalue weighted by Crippen LogP contribution is -2.39. The third kappa shape index (κ3) is 5.55. The van der Waals surface area contributed by atoms with Crippen molar-refractivity contribution in [3.63, 3.8) is 0 Å². The summed E-state index contributed by atoms with van der Waals surface area (Å²) < 4.78 is 16.1. The minimum absolute atomic E-state index is 0.525. The van der Waals surface area contributed by atoms with Gasteiger partial charge in [-0.15, -0.1) is 0 Å². The molecule has 1 saturated heterocycles. The number of benzene rings is 1. The van der Waals surface area contributed by atoms with E-state index >= 15 is 0 Å². The first-order chi connectivity index (χ1) is 13.3. The van der Waals surface area contributed by atoms with Gasteiger partial charge in [0.2, 0.25) is 0 Å². The number of methoxy groups -OCH3 is 1. The van der Waals surface area contributed by atoms with Crippen LogP contribution < -0.4 is 5.32 Å². The maximum absolute atomic E-state index is 5.66. The average molecular weight is 372 g/mol. The van der Waals surface area contributed by atoms with Crippen LogP contribution in [0.3, 0.4) is 0 Å². The molecule has 2 aromatic rings. The Labute approximate surface area is 160 Å². The molecular weight excluding hydrogens is 344 g/mol. The van der Waals surface area contributed by atoms with E-state index in [1.54, 1.807) is 7.11 Å². The highest BCUT2D eigenvalue weighted by Crippen LogP contribution is 2.20. The fraction of sp³-hybridized carbons (Fsp3) is 0.500. The van der Waals surface area contributed by atoms with Gasteiger partial charge in [-0.25, -0.2) is 0 Å². The van der Waals surface area contributed by atoms with Crippen LogP contribution in [0.15, 0.2) is 45.9 Å². The molecule has 1 aromatic heterocycles. The summed E-state index contributed by atoms with van der Waals surface area (Å²) in [6, 6.07) is 11.9. The van der Waals surface area contributed by atoms with Crippen molar-refractivity contribution in [2.24, 2.45) is 10.9 Å². The summed E-state index contributed by atoms with van der Waals surface area (Å²) in [6.45, 7) is 4.56. The number of hydrogen-bond acceptors (Lipinski definition) is 5. The fourth-order valence-electron chi connectivity index (χ4n) is 3.19. The summed E-state index contributed by atoms with van der Waals surface area (Å²) in [5.74, 6) is 2.19. The zero-order chi connectivity index (χ0) is 18.9. The Morgan fingerprint density at radius 2 is 2.19 bits per heavy atom. The molecule has 0 bridgehead atoms. The van der Waals surface area contributed by atoms with Crippen LogP contribution in [-0.2, 0) is 16.0 Å². The third-order valence-corrected chi connectivity index (χ3v) is 4.63. The van der Waals surface area contributed by atoms with E-state index < -0.39 is 0 Å². The van der Waals surface area contributed by atoms with Crippen molar-refractivity contribution in [2.45, 2.75) is 13.0 Å². The molecule has 1 aliphatic rings. The quantitative estimate of drug-likeness (QED) is 0.436. The second kappa shape index (κ2) is 10.1. The smallest absolute Gasteiger partial charge is 0.193 e. The minimum atomic E-state index is 0.525. The number of aromatic nitrogens is 1. The standard InChI is InChI=1S/C20H28N4O3/c1-21-20(24-9-8-16(14-24)15-26-11-10-25-2)22-13-18-12-19(27-23-18)17-6-4-3-5-7-17/h3-7,12,16H,8-11,13-15H2,1-2H3,(H,21,22). The lowest BCUT2D eigenvalue weighted by molar-refractivity contribution is 0.0536. The van der Waals surface area contributed by atoms with Crippen LogP contribution in [0.2, 0.25) is 0 Å². The molecule has 0 saturated carbocycles. The predicted octanol–water partition coefficient (Wildman–Crippen LogP) is 2.40. The minimum Gasteiger partial charge on any atom is -0.382 e. The van der Waals surface area contributed by atoms with E-state index in [1.807, 2.05) is 43.4 Å². The Balaban J connectivity index is 1.47. The van der Waals surface area contributed by atoms with E-state index in [9.17, 15) is 0 Å². The molecule has 1 atom stereocenters. The summed E-state index contributed by atoms with van der Waals surface area (Å²) >= 11 is 0. The highest BCUT2D eigenvalue weighted by Gasteiger charge is 2.25. The Bertz CT molecular complexity index is 717. The SMILES string of the molecule is CN=C(NCc1cc(-c2ccccc2)on1)N1CCC(COCCOC)C1. The van der Waals surface area contributed by atoms with Gasteiger partial charge in [0.05, 0.1) is 26.4 Å². The molecule has 1 aliphatic heterocycles. The van der Waals surface area contributed by atoms with E-state index in [-0.39, 0.29) is 0 Å². The van der Waals surface area contributed by atoms with Gasteiger partial charge in [0.15, 0.2) is 11.7 Å². The normalized spacial score (nSPS) is 17.5. The van der Waals surface area contributed by atoms with E-state index in [4.69, 9.17) is 14.0 Å². The van der Waals surface area contributed by atoms with Crippen molar-refractivity contribution in [2.75, 3.05) is 47.1 Å². The van der Waals surface area contributed by atoms with E-state index in [0.29, 0.717) is 25.7 Å². The number of nitrogens with zero attached hydrogens (tertiary/aromatic N) is 3. The lowest BCUT2D eigenvalue weighted by Gasteiger charge is -2.21. The van der Waals surface area contributed by atoms with Crippen LogP contribution in [0, 0.1) is 5.92 Å². The predicted molar refractivity (Wildman–Crippen MR) is 105 cm³/mol. The summed E-state index contributed by atoms with van der Waals surface area (Å²) in [6.07, 6.45) is 1.11. The Morgan fingerprint density at radius 1 is 1.33 bits per heavy atom. The second-order valence-electron chi connectivity index (χ2n) is 6.62. The molecule has 0 aliphatic carbocycles. The Hall–Kier alpha value is -2.38. The van der Waals surface area contributed by atoms with Crippen LogP contribution in [0.25, 0.3) is 11.3 Å². The van der Waals surface area contributed by atoms with E-state index in [0.717, 1.165) is 49.1 Å². The molecule has 7 nitrogen and oxygen atoms in total. The first-order valence-electron chi connectivity index (χ1n) is 9.33. The molecule has 2 heterocycles. The van der Waals surface area contributed by atoms with Gasteiger partial charge in [0.25, 0.3) is 0 Å². The van der Waals surface area contributed by atoms with Gasteiger partial charge in [-0.2, -0.15) is 0 Å². The molecule has 146 valence electrons. The van der Waals surface area contributed by atoms with Crippen LogP contribution in [0.1, 0.15) is 12.1 Å². The van der Waals surface area contributed by atoms with Crippen LogP contribution in [0.4, 0.5) is 0 Å². The fourth-order valence-corrected chi connectivity index (χ4v) is 3.19. The summed E-state index contributed by atoms with van der Waals surface area (Å²) in [5.41, 5.74) is 1.88. The van der Waals surface area contributed by atoms with Crippen molar-refractivity contribution in [3.05, 3.63) is 42.1 Å². The topological polar surface area (TPSA) is 72.1 Å². The van der Waals surface area contributed by atoms with Crippen molar-refractivity contribution in [1.82, 2.24) is 15.4 Å². The number of ether oxygens (including phenoxy) is 2. The first kappa shape index (κ1) is 19.4. The summed E-state index contributed by atoms with van der Waals surface area (Å²) in [7, 11) is 3.50. The zero-order valence-electron chi connectivity index (χ0n) is 16.1. The molecular formula is C20H28N4O3. The number of hydrogen-bond donors (Lipinski definition) is 1. The van der Waals surface area contributed by atoms with Gasteiger partial charge in [0, 0.05) is 44.8 Å². The number of nitrogens with one attached hydrogen (secondary N) is 1. The van der Waals surface area contributed by atoms with Gasteiger partial charge in [0.1, 0.15) is 5.69 Å². The van der Waals surface area contributed by atoms with Crippen LogP contribution >= 0.6 is 0 Å². The molecule has 0 radical (unpaired) electrons. The van der Waals surface area contributed by atoms with Gasteiger partial charge in [-0.05, 0) is 6.42 Å². The monoisotopic (exact) mass is 372 g/mol. The van der Waals surface area contributed by atoms with Gasteiger partial charge < -0.3 is 24.2 Å². The molecule has 7 heteroatoms. The molecule has 0 spiro atoms. The molecule has 0 amide bonds. The van der Waals surface area contributed by atoms with Crippen LogP contribution in [-0.4, -0.2) is 63.1 Å². The first-order valence-corrected chi connectivity index (χ1v) is 9.33. The van der Waals surface area contributed by atoms with E-state index in [1.165, 1.54) is 0 Å². The van der Waals surface area contributed by atoms with Gasteiger partial charge in [-0.1, -0.05) is 35.5 Å². The number of rotatable bonds is 8. The zero-order valence-corrected chi connectivity index (χ0v) is 16.1. The van der Waals surface area contributed by atoms with Crippen molar-refractivity contribution < 1.29 is 14.0 Å². The molecule has 1 N–H and O–H groups in total. The number of guanidine groups is 1. The third-order valence-electron chi connectivity index (χ3n) is 4.63. The largest absolute Gasteiger partial charge is 0.382 e. The van der Waals surface area contributed by atoms with Crippen molar-refractivity contribution >= 4 is 5.96 Å². The molecule has 1 aromatic carbocycles. The maximum Gasteiger partial charge on any atom is 0.193 e. The van der Waals surface area contributed by atoms with Gasteiger partial charge in [-0.3, -0.25) is 4.99 Å². The number of aliphatic imine (C=N–C) groups is 1. The van der Waals surface area contributed by atoms with E-state index in [2.05, 4.69) is 20.4 Å². The maximum atomic E-state index is 5.66. The molecule has 1 unspecified atom stereocenters. The lowest BCUT2D eigenvalue weighted by atomic mass is 10.1. The highest BCUT2D eigenvalue weighted by molar-refractivity contribution is 5.80. The average Bonchev–Trinajstić information content (AvgIpc) is 3.37.